The van der Waals surface area contributed by atoms with Crippen molar-refractivity contribution < 1.29 is 9.13 Å². The molecule has 2 aromatic carbocycles. The van der Waals surface area contributed by atoms with Crippen LogP contribution in [-0.4, -0.2) is 9.97 Å². The van der Waals surface area contributed by atoms with Gasteiger partial charge in [0.1, 0.15) is 11.6 Å². The predicted octanol–water partition coefficient (Wildman–Crippen LogP) is 6.65. The molecule has 0 N–H and O–H groups in total. The minimum atomic E-state index is -0.242. The maximum Gasteiger partial charge on any atom is 0.223 e. The first-order chi connectivity index (χ1) is 12.8. The van der Waals surface area contributed by atoms with E-state index in [9.17, 15) is 4.39 Å². The van der Waals surface area contributed by atoms with Gasteiger partial charge in [-0.1, -0.05) is 56.3 Å². The molecule has 27 heavy (non-hydrogen) atoms. The van der Waals surface area contributed by atoms with Crippen LogP contribution >= 0.6 is 23.4 Å². The molecule has 0 saturated carbocycles. The quantitative estimate of drug-likeness (QED) is 0.353. The van der Waals surface area contributed by atoms with Crippen molar-refractivity contribution in [2.45, 2.75) is 37.1 Å². The van der Waals surface area contributed by atoms with Crippen LogP contribution in [0.1, 0.15) is 32.0 Å². The lowest BCUT2D eigenvalue weighted by molar-refractivity contribution is 0.447. The second-order valence-corrected chi connectivity index (χ2v) is 8.47. The lowest BCUT2D eigenvalue weighted by Gasteiger charge is -2.19. The highest BCUT2D eigenvalue weighted by Crippen LogP contribution is 2.30. The smallest absolute Gasteiger partial charge is 0.223 e. The zero-order valence-corrected chi connectivity index (χ0v) is 16.9. The molecule has 0 spiro atoms. The lowest BCUT2D eigenvalue weighted by atomic mass is 9.92. The van der Waals surface area contributed by atoms with Gasteiger partial charge in [-0.05, 0) is 42.0 Å². The van der Waals surface area contributed by atoms with Gasteiger partial charge in [0.25, 0.3) is 0 Å². The summed E-state index contributed by atoms with van der Waals surface area (Å²) < 4.78 is 19.0. The Morgan fingerprint density at radius 2 is 1.67 bits per heavy atom. The van der Waals surface area contributed by atoms with E-state index in [-0.39, 0.29) is 11.2 Å². The molecule has 0 amide bonds. The molecule has 0 bridgehead atoms. The van der Waals surface area contributed by atoms with Gasteiger partial charge in [0.05, 0.1) is 5.69 Å². The molecular formula is C21H20ClFN2OS. The fourth-order valence-corrected chi connectivity index (χ4v) is 3.19. The zero-order valence-electron chi connectivity index (χ0n) is 15.4. The number of ether oxygens (including phenoxy) is 1. The first kappa shape index (κ1) is 19.6. The van der Waals surface area contributed by atoms with E-state index in [0.717, 1.165) is 11.3 Å². The molecule has 0 unspecified atom stereocenters. The lowest BCUT2D eigenvalue weighted by Crippen LogP contribution is -2.14. The molecule has 1 heterocycles. The van der Waals surface area contributed by atoms with Crippen LogP contribution in [0, 0.1) is 5.82 Å². The van der Waals surface area contributed by atoms with Gasteiger partial charge < -0.3 is 4.74 Å². The molecule has 0 fully saturated rings. The normalized spacial score (nSPS) is 11.4. The average molecular weight is 403 g/mol. The Morgan fingerprint density at radius 3 is 2.30 bits per heavy atom. The third kappa shape index (κ3) is 5.68. The minimum absolute atomic E-state index is 0.147. The largest absolute Gasteiger partial charge is 0.439 e. The molecule has 0 radical (unpaired) electrons. The highest BCUT2D eigenvalue weighted by molar-refractivity contribution is 7.98. The van der Waals surface area contributed by atoms with Gasteiger partial charge in [0, 0.05) is 22.3 Å². The molecular weight excluding hydrogens is 383 g/mol. The zero-order chi connectivity index (χ0) is 19.4. The summed E-state index contributed by atoms with van der Waals surface area (Å²) in [6.07, 6.45) is 0. The molecule has 1 aromatic heterocycles. The van der Waals surface area contributed by atoms with Crippen molar-refractivity contribution >= 4 is 23.4 Å². The van der Waals surface area contributed by atoms with E-state index < -0.39 is 0 Å². The predicted molar refractivity (Wildman–Crippen MR) is 108 cm³/mol. The molecule has 3 rings (SSSR count). The summed E-state index contributed by atoms with van der Waals surface area (Å²) in [6.45, 7) is 6.28. The van der Waals surface area contributed by atoms with Crippen molar-refractivity contribution in [2.24, 2.45) is 0 Å². The number of rotatable bonds is 5. The van der Waals surface area contributed by atoms with Crippen LogP contribution in [-0.2, 0) is 11.2 Å². The number of thioether (sulfide) groups is 1. The Bertz CT molecular complexity index is 909. The van der Waals surface area contributed by atoms with E-state index >= 15 is 0 Å². The fraction of sp³-hybridized carbons (Fsp3) is 0.238. The van der Waals surface area contributed by atoms with E-state index in [1.165, 1.54) is 23.9 Å². The second-order valence-electron chi connectivity index (χ2n) is 7.10. The maximum absolute atomic E-state index is 13.1. The molecule has 3 aromatic rings. The summed E-state index contributed by atoms with van der Waals surface area (Å²) in [4.78, 5) is 9.19. The number of nitrogens with zero attached hydrogens (tertiary/aromatic N) is 2. The van der Waals surface area contributed by atoms with E-state index in [1.807, 2.05) is 6.07 Å². The van der Waals surface area contributed by atoms with E-state index in [4.69, 9.17) is 16.3 Å². The Kier molecular flexibility index (Phi) is 6.02. The molecule has 140 valence electrons. The van der Waals surface area contributed by atoms with Gasteiger partial charge in [-0.25, -0.2) is 9.37 Å². The average Bonchev–Trinajstić information content (AvgIpc) is 2.62. The van der Waals surface area contributed by atoms with Gasteiger partial charge in [0.2, 0.25) is 5.88 Å². The summed E-state index contributed by atoms with van der Waals surface area (Å²) in [5, 5.41) is 1.27. The first-order valence-corrected chi connectivity index (χ1v) is 9.86. The van der Waals surface area contributed by atoms with Crippen molar-refractivity contribution in [1.82, 2.24) is 9.97 Å². The summed E-state index contributed by atoms with van der Waals surface area (Å²) >= 11 is 7.42. The van der Waals surface area contributed by atoms with Gasteiger partial charge in [-0.2, -0.15) is 4.98 Å². The SMILES string of the molecule is CC(C)(C)c1cc(Oc2ccc(Cl)cc2)nc(SCc2ccc(F)cc2)n1. The van der Waals surface area contributed by atoms with E-state index in [2.05, 4.69) is 30.7 Å². The van der Waals surface area contributed by atoms with Gasteiger partial charge >= 0.3 is 0 Å². The van der Waals surface area contributed by atoms with Gasteiger partial charge in [-0.3, -0.25) is 0 Å². The Balaban J connectivity index is 1.83. The molecule has 0 aliphatic carbocycles. The number of benzene rings is 2. The molecule has 3 nitrogen and oxygen atoms in total. The third-order valence-corrected chi connectivity index (χ3v) is 4.94. The second kappa shape index (κ2) is 8.28. The molecule has 0 saturated heterocycles. The van der Waals surface area contributed by atoms with Crippen molar-refractivity contribution in [3.8, 4) is 11.6 Å². The van der Waals surface area contributed by atoms with Crippen LogP contribution in [0.5, 0.6) is 11.6 Å². The van der Waals surface area contributed by atoms with Crippen LogP contribution in [0.3, 0.4) is 0 Å². The fourth-order valence-electron chi connectivity index (χ4n) is 2.26. The Labute approximate surface area is 168 Å². The standard InChI is InChI=1S/C21H20ClFN2OS/c1-21(2,3)18-12-19(26-17-10-6-15(22)7-11-17)25-20(24-18)27-13-14-4-8-16(23)9-5-14/h4-12H,13H2,1-3H3. The van der Waals surface area contributed by atoms with Crippen LogP contribution < -0.4 is 4.74 Å². The minimum Gasteiger partial charge on any atom is -0.439 e. The highest BCUT2D eigenvalue weighted by Gasteiger charge is 2.19. The number of aromatic nitrogens is 2. The number of hydrogen-bond acceptors (Lipinski definition) is 4. The molecule has 6 heteroatoms. The topological polar surface area (TPSA) is 35.0 Å². The summed E-state index contributed by atoms with van der Waals surface area (Å²) in [7, 11) is 0. The van der Waals surface area contributed by atoms with Crippen molar-refractivity contribution in [1.29, 1.82) is 0 Å². The monoisotopic (exact) mass is 402 g/mol. The molecule has 0 aliphatic heterocycles. The van der Waals surface area contributed by atoms with Crippen molar-refractivity contribution in [2.75, 3.05) is 0 Å². The first-order valence-electron chi connectivity index (χ1n) is 8.50. The van der Waals surface area contributed by atoms with Gasteiger partial charge in [-0.15, -0.1) is 0 Å². The van der Waals surface area contributed by atoms with E-state index in [0.29, 0.717) is 27.6 Å². The Morgan fingerprint density at radius 1 is 1.00 bits per heavy atom. The van der Waals surface area contributed by atoms with Crippen molar-refractivity contribution in [3.63, 3.8) is 0 Å². The van der Waals surface area contributed by atoms with E-state index in [1.54, 1.807) is 36.4 Å². The summed E-state index contributed by atoms with van der Waals surface area (Å²) in [6, 6.07) is 15.4. The van der Waals surface area contributed by atoms with Crippen LogP contribution in [0.2, 0.25) is 5.02 Å². The molecule has 0 atom stereocenters. The van der Waals surface area contributed by atoms with Gasteiger partial charge in [0.15, 0.2) is 5.16 Å². The van der Waals surface area contributed by atoms with Crippen LogP contribution in [0.4, 0.5) is 4.39 Å². The maximum atomic E-state index is 13.1. The van der Waals surface area contributed by atoms with Crippen molar-refractivity contribution in [3.05, 3.63) is 76.7 Å². The van der Waals surface area contributed by atoms with Crippen LogP contribution in [0.15, 0.2) is 59.8 Å². The van der Waals surface area contributed by atoms with Crippen LogP contribution in [0.25, 0.3) is 0 Å². The molecule has 0 aliphatic rings. The third-order valence-electron chi connectivity index (χ3n) is 3.77. The number of halogens is 2. The Hall–Kier alpha value is -2.11. The number of hydrogen-bond donors (Lipinski definition) is 0. The summed E-state index contributed by atoms with van der Waals surface area (Å²) in [5.74, 6) is 1.55. The highest BCUT2D eigenvalue weighted by atomic mass is 35.5. The summed E-state index contributed by atoms with van der Waals surface area (Å²) in [5.41, 5.74) is 1.75.